The van der Waals surface area contributed by atoms with Crippen LogP contribution in [0.2, 0.25) is 0 Å². The van der Waals surface area contributed by atoms with Crippen LogP contribution in [0.4, 0.5) is 0 Å². The molecule has 1 aliphatic heterocycles. The molecule has 8 nitrogen and oxygen atoms in total. The Kier molecular flexibility index (Phi) is 7.05. The number of piperazine rings is 1. The molecule has 0 bridgehead atoms. The summed E-state index contributed by atoms with van der Waals surface area (Å²) in [4.78, 5) is 20.9. The predicted molar refractivity (Wildman–Crippen MR) is 128 cm³/mol. The van der Waals surface area contributed by atoms with Crippen molar-refractivity contribution < 1.29 is 19.0 Å². The van der Waals surface area contributed by atoms with Crippen molar-refractivity contribution in [2.24, 2.45) is 0 Å². The summed E-state index contributed by atoms with van der Waals surface area (Å²) in [6.07, 6.45) is 0. The fourth-order valence-electron chi connectivity index (χ4n) is 4.24. The van der Waals surface area contributed by atoms with Crippen molar-refractivity contribution in [3.05, 3.63) is 53.2 Å². The Bertz CT molecular complexity index is 1120. The number of hydrogen-bond acceptors (Lipinski definition) is 6. The number of carbonyl (C=O) groups is 1. The van der Waals surface area contributed by atoms with Crippen molar-refractivity contribution in [1.82, 2.24) is 20.1 Å². The van der Waals surface area contributed by atoms with Gasteiger partial charge in [0.25, 0.3) is 5.91 Å². The average molecular weight is 453 g/mol. The largest absolute Gasteiger partial charge is 0.496 e. The van der Waals surface area contributed by atoms with Gasteiger partial charge in [0.1, 0.15) is 11.4 Å². The fraction of sp³-hybridized carbons (Fsp3) is 0.400. The van der Waals surface area contributed by atoms with Crippen LogP contribution in [0, 0.1) is 0 Å². The highest BCUT2D eigenvalue weighted by molar-refractivity contribution is 6.02. The summed E-state index contributed by atoms with van der Waals surface area (Å²) in [6, 6.07) is 11.9. The van der Waals surface area contributed by atoms with Crippen LogP contribution >= 0.6 is 0 Å². The van der Waals surface area contributed by atoms with Gasteiger partial charge < -0.3 is 29.4 Å². The first-order chi connectivity index (χ1) is 16.0. The number of H-pyrrole nitrogens is 1. The molecule has 0 saturated carbocycles. The van der Waals surface area contributed by atoms with Gasteiger partial charge in [-0.1, -0.05) is 24.3 Å². The number of benzene rings is 2. The maximum Gasteiger partial charge on any atom is 0.268 e. The van der Waals surface area contributed by atoms with Crippen molar-refractivity contribution in [3.63, 3.8) is 0 Å². The average Bonchev–Trinajstić information content (AvgIpc) is 3.28. The molecule has 1 amide bonds. The molecule has 1 saturated heterocycles. The summed E-state index contributed by atoms with van der Waals surface area (Å²) in [5.74, 6) is 1.48. The van der Waals surface area contributed by atoms with E-state index < -0.39 is 0 Å². The van der Waals surface area contributed by atoms with E-state index in [0.29, 0.717) is 35.0 Å². The van der Waals surface area contributed by atoms with E-state index in [-0.39, 0.29) is 5.91 Å². The molecule has 8 heteroatoms. The molecule has 0 unspecified atom stereocenters. The molecule has 4 rings (SSSR count). The third kappa shape index (κ3) is 5.07. The van der Waals surface area contributed by atoms with Crippen LogP contribution in [0.3, 0.4) is 0 Å². The first kappa shape index (κ1) is 22.9. The number of nitrogens with one attached hydrogen (secondary N) is 2. The number of rotatable bonds is 8. The summed E-state index contributed by atoms with van der Waals surface area (Å²) in [7, 11) is 6.88. The molecule has 2 heterocycles. The molecular weight excluding hydrogens is 420 g/mol. The summed E-state index contributed by atoms with van der Waals surface area (Å²) < 4.78 is 16.4. The molecule has 176 valence electrons. The first-order valence-electron chi connectivity index (χ1n) is 11.1. The lowest BCUT2D eigenvalue weighted by molar-refractivity contribution is 0.0946. The van der Waals surface area contributed by atoms with Gasteiger partial charge in [0, 0.05) is 50.7 Å². The zero-order chi connectivity index (χ0) is 23.4. The lowest BCUT2D eigenvalue weighted by atomic mass is 10.1. The molecule has 0 atom stereocenters. The second-order valence-electron chi connectivity index (χ2n) is 8.37. The lowest BCUT2D eigenvalue weighted by Crippen LogP contribution is -2.43. The van der Waals surface area contributed by atoms with Crippen LogP contribution in [0.1, 0.15) is 21.6 Å². The van der Waals surface area contributed by atoms with E-state index >= 15 is 0 Å². The summed E-state index contributed by atoms with van der Waals surface area (Å²) >= 11 is 0. The van der Waals surface area contributed by atoms with Gasteiger partial charge in [-0.3, -0.25) is 9.69 Å². The van der Waals surface area contributed by atoms with Gasteiger partial charge in [-0.15, -0.1) is 0 Å². The van der Waals surface area contributed by atoms with Crippen molar-refractivity contribution in [2.75, 3.05) is 54.6 Å². The van der Waals surface area contributed by atoms with E-state index in [9.17, 15) is 4.79 Å². The summed E-state index contributed by atoms with van der Waals surface area (Å²) in [6.45, 7) is 5.73. The van der Waals surface area contributed by atoms with E-state index in [1.54, 1.807) is 33.5 Å². The topological polar surface area (TPSA) is 79.1 Å². The number of aromatic nitrogens is 1. The highest BCUT2D eigenvalue weighted by atomic mass is 16.5. The Hall–Kier alpha value is -3.23. The highest BCUT2D eigenvalue weighted by Crippen LogP contribution is 2.41. The van der Waals surface area contributed by atoms with E-state index in [0.717, 1.165) is 43.7 Å². The first-order valence-corrected chi connectivity index (χ1v) is 11.1. The van der Waals surface area contributed by atoms with Gasteiger partial charge in [0.2, 0.25) is 0 Å². The van der Waals surface area contributed by atoms with Crippen LogP contribution in [0.5, 0.6) is 17.2 Å². The monoisotopic (exact) mass is 452 g/mol. The number of aromatic amines is 1. The number of methoxy groups -OCH3 is 3. The molecule has 2 N–H and O–H groups in total. The molecule has 0 spiro atoms. The number of amides is 1. The molecule has 3 aromatic rings. The lowest BCUT2D eigenvalue weighted by Gasteiger charge is -2.32. The molecule has 0 radical (unpaired) electrons. The Morgan fingerprint density at radius 1 is 0.970 bits per heavy atom. The van der Waals surface area contributed by atoms with E-state index in [1.807, 2.05) is 6.07 Å². The van der Waals surface area contributed by atoms with Crippen molar-refractivity contribution >= 4 is 16.8 Å². The van der Waals surface area contributed by atoms with Crippen molar-refractivity contribution in [3.8, 4) is 17.2 Å². The smallest absolute Gasteiger partial charge is 0.268 e. The minimum absolute atomic E-state index is 0.196. The molecule has 33 heavy (non-hydrogen) atoms. The number of hydrogen-bond donors (Lipinski definition) is 2. The molecule has 1 aliphatic rings. The predicted octanol–water partition coefficient (Wildman–Crippen LogP) is 2.87. The normalized spacial score (nSPS) is 14.9. The summed E-state index contributed by atoms with van der Waals surface area (Å²) in [5, 5.41) is 3.77. The standard InChI is InChI=1S/C25H32N4O4/c1-28-8-10-29(11-9-28)16-18-7-5-6-17(12-18)15-26-25(30)20-13-19-21(31-2)14-22(32-3)24(33-4)23(19)27-20/h5-7,12-14,27H,8-11,15-16H2,1-4H3,(H,26,30). The van der Waals surface area contributed by atoms with Crippen molar-refractivity contribution in [2.45, 2.75) is 13.1 Å². The number of fused-ring (bicyclic) bond motifs is 1. The molecule has 1 fully saturated rings. The third-order valence-electron chi connectivity index (χ3n) is 6.13. The number of ether oxygens (including phenoxy) is 3. The van der Waals surface area contributed by atoms with Crippen LogP contribution in [0.15, 0.2) is 36.4 Å². The van der Waals surface area contributed by atoms with E-state index in [2.05, 4.69) is 45.3 Å². The number of carbonyl (C=O) groups excluding carboxylic acids is 1. The number of likely N-dealkylation sites (N-methyl/N-ethyl adjacent to an activating group) is 1. The fourth-order valence-corrected chi connectivity index (χ4v) is 4.24. The van der Waals surface area contributed by atoms with Gasteiger partial charge >= 0.3 is 0 Å². The molecule has 0 aliphatic carbocycles. The van der Waals surface area contributed by atoms with Gasteiger partial charge in [-0.25, -0.2) is 0 Å². The quantitative estimate of drug-likeness (QED) is 0.547. The zero-order valence-electron chi connectivity index (χ0n) is 19.7. The van der Waals surface area contributed by atoms with Gasteiger partial charge in [0.05, 0.1) is 26.8 Å². The highest BCUT2D eigenvalue weighted by Gasteiger charge is 2.19. The van der Waals surface area contributed by atoms with Crippen LogP contribution in [-0.4, -0.2) is 75.2 Å². The van der Waals surface area contributed by atoms with Crippen LogP contribution in [-0.2, 0) is 13.1 Å². The van der Waals surface area contributed by atoms with Gasteiger partial charge in [-0.2, -0.15) is 0 Å². The maximum absolute atomic E-state index is 12.9. The zero-order valence-corrected chi connectivity index (χ0v) is 19.7. The van der Waals surface area contributed by atoms with E-state index in [1.165, 1.54) is 5.56 Å². The van der Waals surface area contributed by atoms with E-state index in [4.69, 9.17) is 14.2 Å². The molecule has 1 aromatic heterocycles. The summed E-state index contributed by atoms with van der Waals surface area (Å²) in [5.41, 5.74) is 3.43. The Morgan fingerprint density at radius 3 is 2.39 bits per heavy atom. The maximum atomic E-state index is 12.9. The Morgan fingerprint density at radius 2 is 1.70 bits per heavy atom. The van der Waals surface area contributed by atoms with Crippen molar-refractivity contribution in [1.29, 1.82) is 0 Å². The van der Waals surface area contributed by atoms with Gasteiger partial charge in [-0.05, 0) is 24.2 Å². The Labute approximate surface area is 194 Å². The minimum Gasteiger partial charge on any atom is -0.496 e. The van der Waals surface area contributed by atoms with Crippen LogP contribution < -0.4 is 19.5 Å². The molecular formula is C25H32N4O4. The van der Waals surface area contributed by atoms with Crippen LogP contribution in [0.25, 0.3) is 10.9 Å². The number of nitrogens with zero attached hydrogens (tertiary/aromatic N) is 2. The molecule has 2 aromatic carbocycles. The minimum atomic E-state index is -0.196. The van der Waals surface area contributed by atoms with Gasteiger partial charge in [0.15, 0.2) is 11.5 Å². The second kappa shape index (κ2) is 10.1. The Balaban J connectivity index is 1.46. The SMILES string of the molecule is COc1cc(OC)c2cc(C(=O)NCc3cccc(CN4CCN(C)CC4)c3)[nH]c2c1OC. The third-order valence-corrected chi connectivity index (χ3v) is 6.13. The second-order valence-corrected chi connectivity index (χ2v) is 8.37.